The van der Waals surface area contributed by atoms with Crippen molar-refractivity contribution in [3.05, 3.63) is 0 Å². The van der Waals surface area contributed by atoms with Crippen molar-refractivity contribution >= 4 is 0 Å². The highest BCUT2D eigenvalue weighted by Crippen LogP contribution is 2.26. The Labute approximate surface area is 116 Å². The highest BCUT2D eigenvalue weighted by atomic mass is 16.7. The van der Waals surface area contributed by atoms with Gasteiger partial charge in [0.15, 0.2) is 6.29 Å². The molecule has 8 nitrogen and oxygen atoms in total. The number of ether oxygens (including phenoxy) is 3. The Balaban J connectivity index is 2.04. The molecule has 2 saturated heterocycles. The van der Waals surface area contributed by atoms with Gasteiger partial charge in [-0.05, 0) is 13.8 Å². The van der Waals surface area contributed by atoms with Crippen molar-refractivity contribution in [2.75, 3.05) is 6.61 Å². The summed E-state index contributed by atoms with van der Waals surface area (Å²) in [6, 6.07) is 0. The molecule has 0 aliphatic carbocycles. The molecule has 5 N–H and O–H groups in total. The summed E-state index contributed by atoms with van der Waals surface area (Å²) in [4.78, 5) is 0. The van der Waals surface area contributed by atoms with Crippen LogP contribution in [-0.4, -0.2) is 87.3 Å². The third kappa shape index (κ3) is 2.97. The summed E-state index contributed by atoms with van der Waals surface area (Å²) in [5.74, 6) is 0. The molecule has 0 amide bonds. The van der Waals surface area contributed by atoms with Crippen LogP contribution >= 0.6 is 0 Å². The SMILES string of the molecule is CC1OC(OC2C(C)OCC(O)C2O)C(O)C(O)C1O. The molecule has 8 heteroatoms. The molecule has 2 fully saturated rings. The van der Waals surface area contributed by atoms with Crippen LogP contribution in [0.4, 0.5) is 0 Å². The van der Waals surface area contributed by atoms with E-state index in [1.165, 1.54) is 6.92 Å². The second-order valence-corrected chi connectivity index (χ2v) is 5.38. The van der Waals surface area contributed by atoms with E-state index in [-0.39, 0.29) is 6.61 Å². The van der Waals surface area contributed by atoms with Gasteiger partial charge in [0.1, 0.15) is 36.6 Å². The fraction of sp³-hybridized carbons (Fsp3) is 1.00. The second kappa shape index (κ2) is 6.20. The van der Waals surface area contributed by atoms with Crippen LogP contribution in [0.2, 0.25) is 0 Å². The zero-order chi connectivity index (χ0) is 15.0. The smallest absolute Gasteiger partial charge is 0.187 e. The van der Waals surface area contributed by atoms with Crippen molar-refractivity contribution in [1.29, 1.82) is 0 Å². The summed E-state index contributed by atoms with van der Waals surface area (Å²) < 4.78 is 16.0. The topological polar surface area (TPSA) is 129 Å². The third-order valence-electron chi connectivity index (χ3n) is 3.82. The number of aliphatic hydroxyl groups is 5. The predicted octanol–water partition coefficient (Wildman–Crippen LogP) is -2.66. The molecule has 2 aliphatic rings. The van der Waals surface area contributed by atoms with E-state index in [9.17, 15) is 25.5 Å². The second-order valence-electron chi connectivity index (χ2n) is 5.38. The van der Waals surface area contributed by atoms with Crippen molar-refractivity contribution in [2.45, 2.75) is 69.0 Å². The third-order valence-corrected chi connectivity index (χ3v) is 3.82. The fourth-order valence-corrected chi connectivity index (χ4v) is 2.41. The number of rotatable bonds is 2. The quantitative estimate of drug-likeness (QED) is 0.373. The molecule has 2 rings (SSSR count). The van der Waals surface area contributed by atoms with Crippen molar-refractivity contribution in [3.63, 3.8) is 0 Å². The molecule has 0 aromatic rings. The zero-order valence-corrected chi connectivity index (χ0v) is 11.4. The van der Waals surface area contributed by atoms with E-state index in [1.54, 1.807) is 6.92 Å². The van der Waals surface area contributed by atoms with Gasteiger partial charge >= 0.3 is 0 Å². The monoisotopic (exact) mass is 294 g/mol. The number of aliphatic hydroxyl groups excluding tert-OH is 5. The largest absolute Gasteiger partial charge is 0.388 e. The van der Waals surface area contributed by atoms with E-state index < -0.39 is 55.1 Å². The molecule has 0 aromatic heterocycles. The lowest BCUT2D eigenvalue weighted by Crippen LogP contribution is -2.61. The first-order valence-corrected chi connectivity index (χ1v) is 6.65. The van der Waals surface area contributed by atoms with Gasteiger partial charge in [-0.15, -0.1) is 0 Å². The van der Waals surface area contributed by atoms with Crippen LogP contribution in [0.5, 0.6) is 0 Å². The van der Waals surface area contributed by atoms with Crippen molar-refractivity contribution < 1.29 is 39.7 Å². The van der Waals surface area contributed by atoms with Gasteiger partial charge in [-0.3, -0.25) is 0 Å². The van der Waals surface area contributed by atoms with Crippen LogP contribution in [0.25, 0.3) is 0 Å². The summed E-state index contributed by atoms with van der Waals surface area (Å²) in [6.45, 7) is 3.18. The molecule has 9 atom stereocenters. The van der Waals surface area contributed by atoms with E-state index in [2.05, 4.69) is 0 Å². The summed E-state index contributed by atoms with van der Waals surface area (Å²) in [5.41, 5.74) is 0. The first-order chi connectivity index (χ1) is 9.32. The summed E-state index contributed by atoms with van der Waals surface area (Å²) in [7, 11) is 0. The molecular formula is C12H22O8. The normalized spacial score (nSPS) is 53.9. The van der Waals surface area contributed by atoms with Crippen molar-refractivity contribution in [3.8, 4) is 0 Å². The molecule has 118 valence electrons. The first-order valence-electron chi connectivity index (χ1n) is 6.65. The van der Waals surface area contributed by atoms with Gasteiger partial charge in [-0.25, -0.2) is 0 Å². The van der Waals surface area contributed by atoms with Crippen LogP contribution in [0, 0.1) is 0 Å². The number of hydrogen-bond donors (Lipinski definition) is 5. The molecule has 9 unspecified atom stereocenters. The minimum atomic E-state index is -1.46. The average Bonchev–Trinajstić information content (AvgIpc) is 2.42. The molecule has 2 heterocycles. The van der Waals surface area contributed by atoms with Gasteiger partial charge in [-0.2, -0.15) is 0 Å². The molecule has 0 radical (unpaired) electrons. The van der Waals surface area contributed by atoms with Crippen molar-refractivity contribution in [1.82, 2.24) is 0 Å². The molecule has 0 saturated carbocycles. The Morgan fingerprint density at radius 3 is 2.15 bits per heavy atom. The van der Waals surface area contributed by atoms with Gasteiger partial charge < -0.3 is 39.7 Å². The Morgan fingerprint density at radius 1 is 0.850 bits per heavy atom. The Kier molecular flexibility index (Phi) is 4.98. The van der Waals surface area contributed by atoms with E-state index in [0.29, 0.717) is 0 Å². The molecule has 0 bridgehead atoms. The highest BCUT2D eigenvalue weighted by molar-refractivity contribution is 4.91. The van der Waals surface area contributed by atoms with Crippen LogP contribution in [0.3, 0.4) is 0 Å². The lowest BCUT2D eigenvalue weighted by atomic mass is 9.98. The van der Waals surface area contributed by atoms with Crippen LogP contribution in [0.15, 0.2) is 0 Å². The molecule has 2 aliphatic heterocycles. The van der Waals surface area contributed by atoms with Gasteiger partial charge in [0.25, 0.3) is 0 Å². The van der Waals surface area contributed by atoms with Crippen molar-refractivity contribution in [2.24, 2.45) is 0 Å². The maximum Gasteiger partial charge on any atom is 0.187 e. The Bertz CT molecular complexity index is 327. The molecule has 20 heavy (non-hydrogen) atoms. The maximum atomic E-state index is 9.90. The predicted molar refractivity (Wildman–Crippen MR) is 64.7 cm³/mol. The lowest BCUT2D eigenvalue weighted by molar-refractivity contribution is -0.329. The van der Waals surface area contributed by atoms with Gasteiger partial charge in [0.05, 0.1) is 18.8 Å². The van der Waals surface area contributed by atoms with Gasteiger partial charge in [-0.1, -0.05) is 0 Å². The summed E-state index contributed by atoms with van der Waals surface area (Å²) in [5, 5.41) is 48.6. The summed E-state index contributed by atoms with van der Waals surface area (Å²) in [6.07, 6.45) is -9.75. The summed E-state index contributed by atoms with van der Waals surface area (Å²) >= 11 is 0. The highest BCUT2D eigenvalue weighted by Gasteiger charge is 2.46. The van der Waals surface area contributed by atoms with E-state index in [4.69, 9.17) is 14.2 Å². The average molecular weight is 294 g/mol. The van der Waals surface area contributed by atoms with Gasteiger partial charge in [0.2, 0.25) is 0 Å². The van der Waals surface area contributed by atoms with Gasteiger partial charge in [0, 0.05) is 0 Å². The standard InChI is InChI=1S/C12H22O8/c1-4-7(14)9(16)10(17)12(19-4)20-11-5(2)18-3-6(13)8(11)15/h4-17H,3H2,1-2H3. The maximum absolute atomic E-state index is 9.90. The van der Waals surface area contributed by atoms with E-state index in [0.717, 1.165) is 0 Å². The van der Waals surface area contributed by atoms with E-state index in [1.807, 2.05) is 0 Å². The van der Waals surface area contributed by atoms with E-state index >= 15 is 0 Å². The minimum absolute atomic E-state index is 0.00594. The fourth-order valence-electron chi connectivity index (χ4n) is 2.41. The molecule has 0 aromatic carbocycles. The first kappa shape index (κ1) is 16.1. The van der Waals surface area contributed by atoms with Crippen LogP contribution < -0.4 is 0 Å². The molecule has 0 spiro atoms. The van der Waals surface area contributed by atoms with Crippen LogP contribution in [-0.2, 0) is 14.2 Å². The zero-order valence-electron chi connectivity index (χ0n) is 11.4. The Morgan fingerprint density at radius 2 is 1.50 bits per heavy atom. The molecular weight excluding hydrogens is 272 g/mol. The Hall–Kier alpha value is -0.320. The lowest BCUT2D eigenvalue weighted by Gasteiger charge is -2.43. The number of hydrogen-bond acceptors (Lipinski definition) is 8. The van der Waals surface area contributed by atoms with Crippen LogP contribution in [0.1, 0.15) is 13.8 Å². The minimum Gasteiger partial charge on any atom is -0.388 e.